The number of rotatable bonds is 4. The lowest BCUT2D eigenvalue weighted by Crippen LogP contribution is -2.38. The Morgan fingerprint density at radius 1 is 1.44 bits per heavy atom. The maximum absolute atomic E-state index is 11.7. The molecule has 3 N–H and O–H groups in total. The van der Waals surface area contributed by atoms with Gasteiger partial charge in [-0.05, 0) is 38.3 Å². The molecule has 100 valence electrons. The van der Waals surface area contributed by atoms with E-state index in [0.717, 1.165) is 19.5 Å². The number of hydrogen-bond donors (Lipinski definition) is 3. The fraction of sp³-hybridized carbons (Fsp3) is 0.750. The van der Waals surface area contributed by atoms with Crippen LogP contribution in [-0.4, -0.2) is 37.2 Å². The number of piperidine rings is 1. The second-order valence-corrected chi connectivity index (χ2v) is 4.85. The Kier molecular flexibility index (Phi) is 4.69. The van der Waals surface area contributed by atoms with Crippen molar-refractivity contribution < 1.29 is 9.59 Å². The van der Waals surface area contributed by atoms with Crippen molar-refractivity contribution in [3.8, 4) is 0 Å². The monoisotopic (exact) mass is 252 g/mol. The summed E-state index contributed by atoms with van der Waals surface area (Å²) in [5, 5.41) is 9.99. The Morgan fingerprint density at radius 3 is 3.00 bits per heavy atom. The van der Waals surface area contributed by atoms with Crippen molar-refractivity contribution in [1.82, 2.24) is 16.1 Å². The largest absolute Gasteiger partial charge is 0.351 e. The Balaban J connectivity index is 1.66. The van der Waals surface area contributed by atoms with Crippen molar-refractivity contribution in [3.05, 3.63) is 0 Å². The maximum atomic E-state index is 11.7. The van der Waals surface area contributed by atoms with E-state index in [-0.39, 0.29) is 11.8 Å². The van der Waals surface area contributed by atoms with Gasteiger partial charge < -0.3 is 10.6 Å². The molecule has 0 spiro atoms. The summed E-state index contributed by atoms with van der Waals surface area (Å²) in [6.45, 7) is 2.84. The normalized spacial score (nSPS) is 24.1. The van der Waals surface area contributed by atoms with Crippen LogP contribution in [0.5, 0.6) is 0 Å². The molecule has 0 saturated carbocycles. The first kappa shape index (κ1) is 13.0. The molecule has 2 amide bonds. The van der Waals surface area contributed by atoms with Gasteiger partial charge in [0.2, 0.25) is 5.91 Å². The highest BCUT2D eigenvalue weighted by Crippen LogP contribution is 2.12. The van der Waals surface area contributed by atoms with Crippen LogP contribution in [0.15, 0.2) is 5.10 Å². The summed E-state index contributed by atoms with van der Waals surface area (Å²) in [7, 11) is 0. The average molecular weight is 252 g/mol. The average Bonchev–Trinajstić information content (AvgIpc) is 2.40. The molecule has 0 aliphatic carbocycles. The third-order valence-electron chi connectivity index (χ3n) is 3.40. The van der Waals surface area contributed by atoms with E-state index in [1.807, 2.05) is 0 Å². The fourth-order valence-corrected chi connectivity index (χ4v) is 2.30. The molecule has 1 fully saturated rings. The lowest BCUT2D eigenvalue weighted by molar-refractivity contribution is -0.121. The van der Waals surface area contributed by atoms with E-state index in [1.165, 1.54) is 12.8 Å². The molecule has 6 nitrogen and oxygen atoms in total. The molecule has 1 saturated heterocycles. The molecule has 0 bridgehead atoms. The van der Waals surface area contributed by atoms with Gasteiger partial charge >= 0.3 is 0 Å². The minimum atomic E-state index is -0.154. The predicted molar refractivity (Wildman–Crippen MR) is 68.0 cm³/mol. The Labute approximate surface area is 107 Å². The van der Waals surface area contributed by atoms with Crippen molar-refractivity contribution in [3.63, 3.8) is 0 Å². The second-order valence-electron chi connectivity index (χ2n) is 4.85. The molecular weight excluding hydrogens is 232 g/mol. The minimum absolute atomic E-state index is 0.125. The summed E-state index contributed by atoms with van der Waals surface area (Å²) < 4.78 is 0. The lowest BCUT2D eigenvalue weighted by atomic mass is 9.96. The number of amides is 2. The lowest BCUT2D eigenvalue weighted by Gasteiger charge is -2.22. The van der Waals surface area contributed by atoms with Crippen LogP contribution in [0.2, 0.25) is 0 Å². The zero-order chi connectivity index (χ0) is 12.8. The summed E-state index contributed by atoms with van der Waals surface area (Å²) in [5.74, 6) is 0.380. The standard InChI is InChI=1S/C12H20N4O2/c17-11-4-3-10(15-16-11)12(18)14-7-5-9-2-1-6-13-8-9/h9,13H,1-8H2,(H,14,18)(H,16,17). The van der Waals surface area contributed by atoms with Gasteiger partial charge in [-0.15, -0.1) is 0 Å². The highest BCUT2D eigenvalue weighted by atomic mass is 16.2. The molecule has 2 aliphatic rings. The molecule has 0 aromatic carbocycles. The molecule has 0 radical (unpaired) electrons. The van der Waals surface area contributed by atoms with Gasteiger partial charge in [-0.25, -0.2) is 5.43 Å². The van der Waals surface area contributed by atoms with Gasteiger partial charge in [0.1, 0.15) is 5.71 Å². The van der Waals surface area contributed by atoms with E-state index >= 15 is 0 Å². The molecular formula is C12H20N4O2. The van der Waals surface area contributed by atoms with Crippen LogP contribution in [0.3, 0.4) is 0 Å². The molecule has 0 aromatic heterocycles. The van der Waals surface area contributed by atoms with Crippen molar-refractivity contribution >= 4 is 17.5 Å². The molecule has 6 heteroatoms. The van der Waals surface area contributed by atoms with Crippen molar-refractivity contribution in [1.29, 1.82) is 0 Å². The van der Waals surface area contributed by atoms with Crippen LogP contribution in [0.4, 0.5) is 0 Å². The van der Waals surface area contributed by atoms with E-state index in [4.69, 9.17) is 0 Å². The van der Waals surface area contributed by atoms with Gasteiger partial charge in [0.15, 0.2) is 0 Å². The summed E-state index contributed by atoms with van der Waals surface area (Å²) in [6, 6.07) is 0. The Hall–Kier alpha value is -1.43. The fourth-order valence-electron chi connectivity index (χ4n) is 2.30. The summed E-state index contributed by atoms with van der Waals surface area (Å²) in [6.07, 6.45) is 4.23. The van der Waals surface area contributed by atoms with Crippen molar-refractivity contribution in [2.45, 2.75) is 32.1 Å². The maximum Gasteiger partial charge on any atom is 0.267 e. The van der Waals surface area contributed by atoms with Gasteiger partial charge in [-0.3, -0.25) is 9.59 Å². The summed E-state index contributed by atoms with van der Waals surface area (Å²) >= 11 is 0. The number of hydrogen-bond acceptors (Lipinski definition) is 4. The molecule has 1 atom stereocenters. The topological polar surface area (TPSA) is 82.6 Å². The third kappa shape index (κ3) is 3.80. The van der Waals surface area contributed by atoms with E-state index in [2.05, 4.69) is 21.2 Å². The van der Waals surface area contributed by atoms with E-state index in [9.17, 15) is 9.59 Å². The van der Waals surface area contributed by atoms with Crippen molar-refractivity contribution in [2.75, 3.05) is 19.6 Å². The number of carbonyl (C=O) groups excluding carboxylic acids is 2. The highest BCUT2D eigenvalue weighted by Gasteiger charge is 2.18. The SMILES string of the molecule is O=C1CCC(C(=O)NCCC2CCCNC2)=NN1. The van der Waals surface area contributed by atoms with Gasteiger partial charge in [-0.2, -0.15) is 5.10 Å². The molecule has 0 aromatic rings. The molecule has 2 heterocycles. The first-order valence-electron chi connectivity index (χ1n) is 6.60. The highest BCUT2D eigenvalue weighted by molar-refractivity contribution is 6.39. The third-order valence-corrected chi connectivity index (χ3v) is 3.40. The van der Waals surface area contributed by atoms with Gasteiger partial charge in [0, 0.05) is 19.4 Å². The zero-order valence-corrected chi connectivity index (χ0v) is 10.5. The quantitative estimate of drug-likeness (QED) is 0.645. The predicted octanol–water partition coefficient (Wildman–Crippen LogP) is -0.242. The Bertz CT molecular complexity index is 348. The smallest absolute Gasteiger partial charge is 0.267 e. The van der Waals surface area contributed by atoms with Crippen LogP contribution < -0.4 is 16.1 Å². The van der Waals surface area contributed by atoms with Crippen LogP contribution >= 0.6 is 0 Å². The summed E-state index contributed by atoms with van der Waals surface area (Å²) in [5.41, 5.74) is 2.76. The van der Waals surface area contributed by atoms with Gasteiger partial charge in [-0.1, -0.05) is 0 Å². The molecule has 2 rings (SSSR count). The molecule has 18 heavy (non-hydrogen) atoms. The van der Waals surface area contributed by atoms with E-state index in [1.54, 1.807) is 0 Å². The zero-order valence-electron chi connectivity index (χ0n) is 10.5. The number of carbonyl (C=O) groups is 2. The van der Waals surface area contributed by atoms with Crippen LogP contribution in [0.1, 0.15) is 32.1 Å². The van der Waals surface area contributed by atoms with Gasteiger partial charge in [0.25, 0.3) is 5.91 Å². The van der Waals surface area contributed by atoms with Crippen LogP contribution in [-0.2, 0) is 9.59 Å². The summed E-state index contributed by atoms with van der Waals surface area (Å²) in [4.78, 5) is 22.6. The van der Waals surface area contributed by atoms with E-state index < -0.39 is 0 Å². The van der Waals surface area contributed by atoms with Gasteiger partial charge in [0.05, 0.1) is 0 Å². The number of nitrogens with zero attached hydrogens (tertiary/aromatic N) is 1. The van der Waals surface area contributed by atoms with Crippen LogP contribution in [0.25, 0.3) is 0 Å². The molecule has 1 unspecified atom stereocenters. The number of nitrogens with one attached hydrogen (secondary N) is 3. The van der Waals surface area contributed by atoms with E-state index in [0.29, 0.717) is 31.0 Å². The second kappa shape index (κ2) is 6.49. The minimum Gasteiger partial charge on any atom is -0.351 e. The van der Waals surface area contributed by atoms with Crippen LogP contribution in [0, 0.1) is 5.92 Å². The first-order valence-corrected chi connectivity index (χ1v) is 6.60. The first-order chi connectivity index (χ1) is 8.75. The molecule has 2 aliphatic heterocycles. The number of hydrazone groups is 1. The Morgan fingerprint density at radius 2 is 2.33 bits per heavy atom. The van der Waals surface area contributed by atoms with Crippen molar-refractivity contribution in [2.24, 2.45) is 11.0 Å².